The highest BCUT2D eigenvalue weighted by molar-refractivity contribution is 5.98. The zero-order valence-corrected chi connectivity index (χ0v) is 18.7. The van der Waals surface area contributed by atoms with E-state index in [1.165, 1.54) is 12.1 Å². The molecule has 1 atom stereocenters. The van der Waals surface area contributed by atoms with Gasteiger partial charge in [-0.2, -0.15) is 0 Å². The topological polar surface area (TPSA) is 69.3 Å². The molecule has 33 heavy (non-hydrogen) atoms. The number of amides is 1. The third-order valence-corrected chi connectivity index (χ3v) is 7.16. The highest BCUT2D eigenvalue weighted by Gasteiger charge is 2.31. The summed E-state index contributed by atoms with van der Waals surface area (Å²) >= 11 is 0. The molecule has 1 N–H and O–H groups in total. The number of piperidine rings is 1. The van der Waals surface area contributed by atoms with E-state index in [1.807, 2.05) is 17.0 Å². The minimum absolute atomic E-state index is 0.00719. The number of aromatic nitrogens is 2. The summed E-state index contributed by atoms with van der Waals surface area (Å²) in [4.78, 5) is 37.7. The van der Waals surface area contributed by atoms with Gasteiger partial charge in [-0.15, -0.1) is 0 Å². The van der Waals surface area contributed by atoms with E-state index < -0.39 is 0 Å². The zero-order chi connectivity index (χ0) is 22.8. The molecule has 5 rings (SSSR count). The zero-order valence-electron chi connectivity index (χ0n) is 18.7. The standard InChI is InChI=1S/C26H29FN4O2/c27-21-5-3-18(4-6-21)25(32)19-8-13-30(14-9-19)15-10-22-2-1-12-31(22)26(33)24-16-20-17-28-11-7-23(20)29-24/h3-7,11,16-17,19,22,29H,1-2,8-10,12-15H2/t22-/m0/s1. The van der Waals surface area contributed by atoms with E-state index in [-0.39, 0.29) is 29.5 Å². The molecular formula is C26H29FN4O2. The maximum Gasteiger partial charge on any atom is 0.270 e. The number of benzene rings is 1. The summed E-state index contributed by atoms with van der Waals surface area (Å²) in [6, 6.07) is 9.90. The van der Waals surface area contributed by atoms with Crippen molar-refractivity contribution in [2.75, 3.05) is 26.2 Å². The second-order valence-electron chi connectivity index (χ2n) is 9.22. The van der Waals surface area contributed by atoms with E-state index in [0.29, 0.717) is 11.3 Å². The van der Waals surface area contributed by atoms with Gasteiger partial charge >= 0.3 is 0 Å². The van der Waals surface area contributed by atoms with Gasteiger partial charge in [0.2, 0.25) is 0 Å². The van der Waals surface area contributed by atoms with Crippen LogP contribution < -0.4 is 0 Å². The number of fused-ring (bicyclic) bond motifs is 1. The van der Waals surface area contributed by atoms with Gasteiger partial charge in [-0.05, 0) is 81.6 Å². The Labute approximate surface area is 192 Å². The first kappa shape index (κ1) is 21.8. The van der Waals surface area contributed by atoms with Gasteiger partial charge in [0.15, 0.2) is 5.78 Å². The number of pyridine rings is 1. The average molecular weight is 449 g/mol. The van der Waals surface area contributed by atoms with E-state index in [1.54, 1.807) is 24.5 Å². The van der Waals surface area contributed by atoms with Gasteiger partial charge in [0, 0.05) is 53.9 Å². The van der Waals surface area contributed by atoms with Crippen LogP contribution in [-0.4, -0.2) is 63.7 Å². The molecule has 3 aromatic rings. The Morgan fingerprint density at radius 1 is 1.06 bits per heavy atom. The van der Waals surface area contributed by atoms with Crippen LogP contribution in [0, 0.1) is 11.7 Å². The number of ketones is 1. The van der Waals surface area contributed by atoms with E-state index in [0.717, 1.165) is 69.2 Å². The summed E-state index contributed by atoms with van der Waals surface area (Å²) in [6.45, 7) is 3.49. The second-order valence-corrected chi connectivity index (χ2v) is 9.22. The van der Waals surface area contributed by atoms with Gasteiger partial charge in [0.05, 0.1) is 0 Å². The summed E-state index contributed by atoms with van der Waals surface area (Å²) in [6.07, 6.45) is 8.17. The molecule has 0 radical (unpaired) electrons. The van der Waals surface area contributed by atoms with Crippen LogP contribution in [0.1, 0.15) is 53.0 Å². The summed E-state index contributed by atoms with van der Waals surface area (Å²) < 4.78 is 13.1. The Balaban J connectivity index is 1.13. The van der Waals surface area contributed by atoms with Crippen LogP contribution in [0.2, 0.25) is 0 Å². The second kappa shape index (κ2) is 9.43. The summed E-state index contributed by atoms with van der Waals surface area (Å²) in [5.41, 5.74) is 2.16. The Kier molecular flexibility index (Phi) is 6.22. The van der Waals surface area contributed by atoms with E-state index in [2.05, 4.69) is 14.9 Å². The van der Waals surface area contributed by atoms with Crippen molar-refractivity contribution in [3.05, 3.63) is 65.9 Å². The number of likely N-dealkylation sites (tertiary alicyclic amines) is 2. The van der Waals surface area contributed by atoms with E-state index in [4.69, 9.17) is 0 Å². The van der Waals surface area contributed by atoms with Crippen LogP contribution in [0.25, 0.3) is 10.9 Å². The summed E-state index contributed by atoms with van der Waals surface area (Å²) in [5.74, 6) is -0.122. The molecule has 2 saturated heterocycles. The van der Waals surface area contributed by atoms with Gasteiger partial charge in [-0.3, -0.25) is 14.6 Å². The van der Waals surface area contributed by atoms with Crippen molar-refractivity contribution in [3.8, 4) is 0 Å². The van der Waals surface area contributed by atoms with Crippen LogP contribution in [-0.2, 0) is 0 Å². The summed E-state index contributed by atoms with van der Waals surface area (Å²) in [5, 5.41) is 0.953. The number of carbonyl (C=O) groups excluding carboxylic acids is 2. The molecule has 7 heteroatoms. The first-order chi connectivity index (χ1) is 16.1. The lowest BCUT2D eigenvalue weighted by Gasteiger charge is -2.33. The van der Waals surface area contributed by atoms with Crippen molar-refractivity contribution in [1.29, 1.82) is 0 Å². The maximum atomic E-state index is 13.2. The molecule has 172 valence electrons. The molecule has 4 heterocycles. The quantitative estimate of drug-likeness (QED) is 0.571. The largest absolute Gasteiger partial charge is 0.350 e. The highest BCUT2D eigenvalue weighted by atomic mass is 19.1. The number of carbonyl (C=O) groups is 2. The summed E-state index contributed by atoms with van der Waals surface area (Å²) in [7, 11) is 0. The number of rotatable bonds is 6. The molecule has 0 unspecified atom stereocenters. The predicted octanol–water partition coefficient (Wildman–Crippen LogP) is 4.29. The molecule has 0 saturated carbocycles. The number of H-pyrrole nitrogens is 1. The smallest absolute Gasteiger partial charge is 0.270 e. The van der Waals surface area contributed by atoms with E-state index in [9.17, 15) is 14.0 Å². The minimum atomic E-state index is -0.317. The van der Waals surface area contributed by atoms with Crippen molar-refractivity contribution >= 4 is 22.6 Å². The molecule has 1 aromatic carbocycles. The maximum absolute atomic E-state index is 13.2. The fourth-order valence-corrected chi connectivity index (χ4v) is 5.25. The van der Waals surface area contributed by atoms with Crippen molar-refractivity contribution in [2.24, 2.45) is 5.92 Å². The fraction of sp³-hybridized carbons (Fsp3) is 0.423. The normalized spacial score (nSPS) is 19.9. The number of Topliss-reactive ketones (excluding diaryl/α,β-unsaturated/α-hetero) is 1. The number of aromatic amines is 1. The first-order valence-electron chi connectivity index (χ1n) is 11.8. The molecule has 1 amide bonds. The Bertz CT molecular complexity index is 1100. The van der Waals surface area contributed by atoms with Crippen LogP contribution in [0.15, 0.2) is 48.8 Å². The van der Waals surface area contributed by atoms with Crippen LogP contribution >= 0.6 is 0 Å². The fourth-order valence-electron chi connectivity index (χ4n) is 5.25. The number of halogens is 1. The third-order valence-electron chi connectivity index (χ3n) is 7.16. The average Bonchev–Trinajstić information content (AvgIpc) is 3.50. The number of nitrogens with zero attached hydrogens (tertiary/aromatic N) is 3. The molecule has 0 spiro atoms. The first-order valence-corrected chi connectivity index (χ1v) is 11.8. The van der Waals surface area contributed by atoms with Gasteiger partial charge in [0.25, 0.3) is 5.91 Å². The van der Waals surface area contributed by atoms with Crippen LogP contribution in [0.5, 0.6) is 0 Å². The Morgan fingerprint density at radius 3 is 2.61 bits per heavy atom. The van der Waals surface area contributed by atoms with Crippen LogP contribution in [0.4, 0.5) is 4.39 Å². The molecule has 0 aliphatic carbocycles. The van der Waals surface area contributed by atoms with Crippen molar-refractivity contribution in [1.82, 2.24) is 19.8 Å². The SMILES string of the molecule is O=C(c1ccc(F)cc1)C1CCN(CC[C@@H]2CCCN2C(=O)c2cc3cnccc3[nH]2)CC1. The molecule has 2 aromatic heterocycles. The number of hydrogen-bond acceptors (Lipinski definition) is 4. The number of nitrogens with one attached hydrogen (secondary N) is 1. The highest BCUT2D eigenvalue weighted by Crippen LogP contribution is 2.26. The molecular weight excluding hydrogens is 419 g/mol. The lowest BCUT2D eigenvalue weighted by atomic mass is 9.88. The Morgan fingerprint density at radius 2 is 1.85 bits per heavy atom. The molecule has 2 fully saturated rings. The lowest BCUT2D eigenvalue weighted by Crippen LogP contribution is -2.41. The van der Waals surface area contributed by atoms with Gasteiger partial charge in [-0.25, -0.2) is 4.39 Å². The van der Waals surface area contributed by atoms with Gasteiger partial charge in [0.1, 0.15) is 11.5 Å². The van der Waals surface area contributed by atoms with Crippen molar-refractivity contribution < 1.29 is 14.0 Å². The molecule has 6 nitrogen and oxygen atoms in total. The Hall–Kier alpha value is -3.06. The van der Waals surface area contributed by atoms with Crippen LogP contribution in [0.3, 0.4) is 0 Å². The van der Waals surface area contributed by atoms with Gasteiger partial charge < -0.3 is 14.8 Å². The lowest BCUT2D eigenvalue weighted by molar-refractivity contribution is 0.0700. The van der Waals surface area contributed by atoms with Crippen molar-refractivity contribution in [2.45, 2.75) is 38.1 Å². The predicted molar refractivity (Wildman–Crippen MR) is 125 cm³/mol. The van der Waals surface area contributed by atoms with Crippen molar-refractivity contribution in [3.63, 3.8) is 0 Å². The molecule has 2 aliphatic rings. The molecule has 0 bridgehead atoms. The van der Waals surface area contributed by atoms with Gasteiger partial charge in [-0.1, -0.05) is 0 Å². The third kappa shape index (κ3) is 4.69. The number of hydrogen-bond donors (Lipinski definition) is 1. The molecule has 2 aliphatic heterocycles. The monoisotopic (exact) mass is 448 g/mol. The minimum Gasteiger partial charge on any atom is -0.350 e. The van der Waals surface area contributed by atoms with E-state index >= 15 is 0 Å².